The second-order valence-electron chi connectivity index (χ2n) is 7.08. The van der Waals surface area contributed by atoms with Crippen molar-refractivity contribution in [2.45, 2.75) is 12.0 Å². The second kappa shape index (κ2) is 9.17. The number of hydrogen-bond acceptors (Lipinski definition) is 7. The summed E-state index contributed by atoms with van der Waals surface area (Å²) in [5, 5.41) is 3.75. The minimum Gasteiger partial charge on any atom is -0.491 e. The van der Waals surface area contributed by atoms with Gasteiger partial charge in [0, 0.05) is 22.8 Å². The molecule has 0 amide bonds. The zero-order valence-corrected chi connectivity index (χ0v) is 17.5. The van der Waals surface area contributed by atoms with Crippen molar-refractivity contribution in [2.24, 2.45) is 10.7 Å². The Kier molecular flexibility index (Phi) is 6.33. The summed E-state index contributed by atoms with van der Waals surface area (Å²) >= 11 is 5.64. The Morgan fingerprint density at radius 1 is 1.25 bits per heavy atom. The zero-order chi connectivity index (χ0) is 22.7. The molecule has 2 aromatic heterocycles. The fraction of sp³-hybridized carbons (Fsp3) is 0.286. The molecule has 0 aliphatic carbocycles. The number of aliphatic imine (C=N–C) groups is 1. The van der Waals surface area contributed by atoms with E-state index in [0.717, 1.165) is 11.5 Å². The SMILES string of the molecule is NC1=N[C@@](c2cc(Nc3nccc4cc(OCCCl)cnc34)ccc2F)(C(F)F)COC1. The van der Waals surface area contributed by atoms with Crippen molar-refractivity contribution in [1.82, 2.24) is 9.97 Å². The summed E-state index contributed by atoms with van der Waals surface area (Å²) in [4.78, 5) is 12.5. The molecule has 3 aromatic rings. The van der Waals surface area contributed by atoms with Crippen molar-refractivity contribution in [1.29, 1.82) is 0 Å². The number of fused-ring (bicyclic) bond motifs is 1. The topological polar surface area (TPSA) is 94.7 Å². The van der Waals surface area contributed by atoms with Crippen molar-refractivity contribution in [2.75, 3.05) is 31.0 Å². The zero-order valence-electron chi connectivity index (χ0n) is 16.7. The molecule has 1 aliphatic rings. The lowest BCUT2D eigenvalue weighted by molar-refractivity contribution is -0.0145. The van der Waals surface area contributed by atoms with Crippen molar-refractivity contribution in [3.8, 4) is 5.75 Å². The van der Waals surface area contributed by atoms with Crippen LogP contribution in [0, 0.1) is 5.82 Å². The van der Waals surface area contributed by atoms with Crippen molar-refractivity contribution < 1.29 is 22.6 Å². The molecule has 0 saturated carbocycles. The maximum Gasteiger partial charge on any atom is 0.269 e. The van der Waals surface area contributed by atoms with Gasteiger partial charge >= 0.3 is 0 Å². The number of anilines is 2. The molecule has 4 rings (SSSR count). The van der Waals surface area contributed by atoms with Crippen LogP contribution in [0.15, 0.2) is 47.7 Å². The van der Waals surface area contributed by atoms with Crippen LogP contribution in [0.25, 0.3) is 10.9 Å². The highest BCUT2D eigenvalue weighted by Gasteiger charge is 2.46. The van der Waals surface area contributed by atoms with E-state index in [0.29, 0.717) is 35.3 Å². The molecule has 0 radical (unpaired) electrons. The smallest absolute Gasteiger partial charge is 0.269 e. The number of halogens is 4. The average Bonchev–Trinajstić information content (AvgIpc) is 2.78. The molecule has 32 heavy (non-hydrogen) atoms. The van der Waals surface area contributed by atoms with E-state index in [-0.39, 0.29) is 18.0 Å². The third-order valence-corrected chi connectivity index (χ3v) is 5.05. The van der Waals surface area contributed by atoms with Gasteiger partial charge in [0.25, 0.3) is 6.43 Å². The first-order valence-electron chi connectivity index (χ1n) is 9.63. The van der Waals surface area contributed by atoms with Gasteiger partial charge in [-0.1, -0.05) is 0 Å². The van der Waals surface area contributed by atoms with Crippen LogP contribution in [-0.4, -0.2) is 47.9 Å². The number of benzene rings is 1. The van der Waals surface area contributed by atoms with Crippen LogP contribution < -0.4 is 15.8 Å². The number of nitrogens with two attached hydrogens (primary N) is 1. The van der Waals surface area contributed by atoms with E-state index >= 15 is 0 Å². The van der Waals surface area contributed by atoms with E-state index in [9.17, 15) is 13.2 Å². The predicted octanol–water partition coefficient (Wildman–Crippen LogP) is 3.98. The number of rotatable bonds is 7. The molecule has 0 spiro atoms. The van der Waals surface area contributed by atoms with Crippen LogP contribution in [-0.2, 0) is 10.3 Å². The molecule has 11 heteroatoms. The number of ether oxygens (including phenoxy) is 2. The van der Waals surface area contributed by atoms with Crippen LogP contribution >= 0.6 is 11.6 Å². The third kappa shape index (κ3) is 4.28. The first kappa shape index (κ1) is 22.1. The molecule has 168 valence electrons. The van der Waals surface area contributed by atoms with Gasteiger partial charge in [0.15, 0.2) is 11.4 Å². The molecule has 7 nitrogen and oxygen atoms in total. The molecule has 1 atom stereocenters. The van der Waals surface area contributed by atoms with Gasteiger partial charge in [0.05, 0.1) is 18.7 Å². The number of amidine groups is 1. The van der Waals surface area contributed by atoms with Gasteiger partial charge in [-0.3, -0.25) is 4.99 Å². The molecule has 0 unspecified atom stereocenters. The number of pyridine rings is 2. The van der Waals surface area contributed by atoms with Crippen molar-refractivity contribution in [3.63, 3.8) is 0 Å². The molecule has 1 aliphatic heterocycles. The van der Waals surface area contributed by atoms with Crippen LogP contribution in [0.5, 0.6) is 5.75 Å². The fourth-order valence-corrected chi connectivity index (χ4v) is 3.51. The average molecular weight is 466 g/mol. The number of alkyl halides is 3. The van der Waals surface area contributed by atoms with Gasteiger partial charge in [-0.15, -0.1) is 11.6 Å². The summed E-state index contributed by atoms with van der Waals surface area (Å²) in [6, 6.07) is 7.28. The van der Waals surface area contributed by atoms with Gasteiger partial charge in [-0.05, 0) is 30.3 Å². The quantitative estimate of drug-likeness (QED) is 0.513. The van der Waals surface area contributed by atoms with Gasteiger partial charge < -0.3 is 20.5 Å². The summed E-state index contributed by atoms with van der Waals surface area (Å²) < 4.78 is 53.4. The molecule has 0 saturated heterocycles. The summed E-state index contributed by atoms with van der Waals surface area (Å²) in [6.07, 6.45) is 0.0540. The van der Waals surface area contributed by atoms with E-state index in [2.05, 4.69) is 20.3 Å². The normalized spacial score (nSPS) is 18.6. The van der Waals surface area contributed by atoms with E-state index < -0.39 is 24.4 Å². The molecule has 1 aromatic carbocycles. The Morgan fingerprint density at radius 2 is 2.09 bits per heavy atom. The predicted molar refractivity (Wildman–Crippen MR) is 116 cm³/mol. The summed E-state index contributed by atoms with van der Waals surface area (Å²) in [7, 11) is 0. The van der Waals surface area contributed by atoms with Crippen LogP contribution in [0.3, 0.4) is 0 Å². The Morgan fingerprint density at radius 3 is 2.84 bits per heavy atom. The second-order valence-corrected chi connectivity index (χ2v) is 7.46. The number of aromatic nitrogens is 2. The molecule has 3 N–H and O–H groups in total. The highest BCUT2D eigenvalue weighted by atomic mass is 35.5. The Bertz CT molecular complexity index is 1160. The molecule has 0 bridgehead atoms. The van der Waals surface area contributed by atoms with E-state index in [1.165, 1.54) is 18.3 Å². The van der Waals surface area contributed by atoms with Crippen molar-refractivity contribution in [3.05, 3.63) is 54.1 Å². The number of nitrogens with one attached hydrogen (secondary N) is 1. The number of hydrogen-bond donors (Lipinski definition) is 2. The maximum absolute atomic E-state index is 14.6. The molecule has 0 fully saturated rings. The Labute approximate surface area is 186 Å². The molecule has 3 heterocycles. The first-order chi connectivity index (χ1) is 15.4. The van der Waals surface area contributed by atoms with E-state index in [1.54, 1.807) is 18.3 Å². The summed E-state index contributed by atoms with van der Waals surface area (Å²) in [6.45, 7) is -0.243. The van der Waals surface area contributed by atoms with E-state index in [4.69, 9.17) is 26.8 Å². The fourth-order valence-electron chi connectivity index (χ4n) is 3.44. The standard InChI is InChI=1S/C21H19ClF3N5O2/c22-4-6-32-14-7-12-3-5-27-19(18(12)28-9-14)29-13-1-2-16(23)15(8-13)21(20(24)25)11-31-10-17(26)30-21/h1-3,5,7-9,20H,4,6,10-11H2,(H2,26,30)(H,27,29)/t21-/m0/s1. The van der Waals surface area contributed by atoms with Crippen LogP contribution in [0.2, 0.25) is 0 Å². The summed E-state index contributed by atoms with van der Waals surface area (Å²) in [5.74, 6) is 0.280. The maximum atomic E-state index is 14.6. The minimum atomic E-state index is -3.03. The lowest BCUT2D eigenvalue weighted by Gasteiger charge is -2.33. The monoisotopic (exact) mass is 465 g/mol. The highest BCUT2D eigenvalue weighted by molar-refractivity contribution is 6.18. The van der Waals surface area contributed by atoms with Gasteiger partial charge in [0.2, 0.25) is 0 Å². The first-order valence-corrected chi connectivity index (χ1v) is 10.2. The third-order valence-electron chi connectivity index (χ3n) is 4.89. The Balaban J connectivity index is 1.70. The van der Waals surface area contributed by atoms with Crippen molar-refractivity contribution >= 4 is 39.8 Å². The number of nitrogens with zero attached hydrogens (tertiary/aromatic N) is 3. The lowest BCUT2D eigenvalue weighted by atomic mass is 9.90. The largest absolute Gasteiger partial charge is 0.491 e. The minimum absolute atomic E-state index is 0.0871. The molecular formula is C21H19ClF3N5O2. The molecular weight excluding hydrogens is 447 g/mol. The van der Waals surface area contributed by atoms with Gasteiger partial charge in [-0.2, -0.15) is 0 Å². The summed E-state index contributed by atoms with van der Waals surface area (Å²) in [5.41, 5.74) is 3.90. The Hall–Kier alpha value is -3.11. The van der Waals surface area contributed by atoms with E-state index in [1.807, 2.05) is 0 Å². The highest BCUT2D eigenvalue weighted by Crippen LogP contribution is 2.38. The lowest BCUT2D eigenvalue weighted by Crippen LogP contribution is -2.45. The van der Waals surface area contributed by atoms with Crippen LogP contribution in [0.1, 0.15) is 5.56 Å². The van der Waals surface area contributed by atoms with Crippen LogP contribution in [0.4, 0.5) is 24.7 Å². The van der Waals surface area contributed by atoms with Gasteiger partial charge in [0.1, 0.15) is 36.1 Å². The van der Waals surface area contributed by atoms with Gasteiger partial charge in [-0.25, -0.2) is 23.1 Å².